The minimum absolute atomic E-state index is 0.602. The highest BCUT2D eigenvalue weighted by atomic mass is 35.5. The number of thiazole rings is 1. The van der Waals surface area contributed by atoms with Gasteiger partial charge in [0.15, 0.2) is 5.13 Å². The number of nitrogens with zero attached hydrogens (tertiary/aromatic N) is 1. The van der Waals surface area contributed by atoms with Crippen molar-refractivity contribution in [3.8, 4) is 0 Å². The molecule has 1 aromatic heterocycles. The number of anilines is 2. The number of aromatic nitrogens is 1. The molecule has 0 bridgehead atoms. The van der Waals surface area contributed by atoms with Crippen LogP contribution in [0.4, 0.5) is 10.8 Å². The first kappa shape index (κ1) is 11.2. The molecule has 84 valence electrons. The third-order valence-corrected chi connectivity index (χ3v) is 3.18. The average Bonchev–Trinajstić information content (AvgIpc) is 2.63. The molecule has 0 radical (unpaired) electrons. The van der Waals surface area contributed by atoms with Crippen molar-refractivity contribution >= 4 is 33.8 Å². The van der Waals surface area contributed by atoms with Gasteiger partial charge in [-0.25, -0.2) is 4.98 Å². The van der Waals surface area contributed by atoms with E-state index in [0.29, 0.717) is 11.7 Å². The lowest BCUT2D eigenvalue weighted by Crippen LogP contribution is -2.01. The van der Waals surface area contributed by atoms with Gasteiger partial charge < -0.3 is 11.1 Å². The smallest absolute Gasteiger partial charge is 0.180 e. The zero-order valence-electron chi connectivity index (χ0n) is 8.83. The minimum atomic E-state index is 0.602. The molecular weight excluding hydrogens is 242 g/mol. The van der Waals surface area contributed by atoms with Crippen molar-refractivity contribution in [1.29, 1.82) is 0 Å². The fourth-order valence-electron chi connectivity index (χ4n) is 1.42. The van der Waals surface area contributed by atoms with E-state index in [4.69, 9.17) is 17.3 Å². The molecule has 1 heterocycles. The van der Waals surface area contributed by atoms with Gasteiger partial charge in [-0.3, -0.25) is 0 Å². The topological polar surface area (TPSA) is 50.9 Å². The van der Waals surface area contributed by atoms with Gasteiger partial charge in [-0.1, -0.05) is 11.6 Å². The van der Waals surface area contributed by atoms with E-state index < -0.39 is 0 Å². The Morgan fingerprint density at radius 3 is 2.94 bits per heavy atom. The number of benzene rings is 1. The van der Waals surface area contributed by atoms with Gasteiger partial charge in [-0.2, -0.15) is 0 Å². The van der Waals surface area contributed by atoms with E-state index in [0.717, 1.165) is 22.0 Å². The van der Waals surface area contributed by atoms with Crippen LogP contribution in [0.5, 0.6) is 0 Å². The second-order valence-corrected chi connectivity index (χ2v) is 4.82. The molecule has 0 saturated heterocycles. The summed E-state index contributed by atoms with van der Waals surface area (Å²) in [4.78, 5) is 4.18. The molecule has 0 unspecified atom stereocenters. The van der Waals surface area contributed by atoms with Gasteiger partial charge in [0.2, 0.25) is 0 Å². The van der Waals surface area contributed by atoms with Crippen LogP contribution in [0.3, 0.4) is 0 Å². The minimum Gasteiger partial charge on any atom is -0.379 e. The van der Waals surface area contributed by atoms with Crippen LogP contribution in [0, 0.1) is 6.92 Å². The maximum absolute atomic E-state index is 5.88. The molecule has 2 aromatic rings. The van der Waals surface area contributed by atoms with Crippen molar-refractivity contribution in [2.24, 2.45) is 0 Å². The third kappa shape index (κ3) is 2.65. The second-order valence-electron chi connectivity index (χ2n) is 3.49. The number of aryl methyl sites for hydroxylation is 1. The molecule has 0 amide bonds. The summed E-state index contributed by atoms with van der Waals surface area (Å²) in [6, 6.07) is 5.76. The number of hydrogen-bond donors (Lipinski definition) is 2. The summed E-state index contributed by atoms with van der Waals surface area (Å²) in [7, 11) is 0. The molecule has 0 fully saturated rings. The molecule has 0 aliphatic rings. The van der Waals surface area contributed by atoms with Gasteiger partial charge in [-0.05, 0) is 30.7 Å². The highest BCUT2D eigenvalue weighted by molar-refractivity contribution is 7.13. The van der Waals surface area contributed by atoms with Crippen LogP contribution in [-0.2, 0) is 6.54 Å². The monoisotopic (exact) mass is 253 g/mol. The lowest BCUT2D eigenvalue weighted by atomic mass is 10.2. The van der Waals surface area contributed by atoms with Gasteiger partial charge in [0.25, 0.3) is 0 Å². The standard InChI is InChI=1S/C11H12ClN3S/c1-7-4-8(12)2-3-10(7)14-5-9-6-16-11(13)15-9/h2-4,6,14H,5H2,1H3,(H2,13,15). The first-order chi connectivity index (χ1) is 7.65. The normalized spacial score (nSPS) is 10.4. The van der Waals surface area contributed by atoms with E-state index in [1.54, 1.807) is 0 Å². The van der Waals surface area contributed by atoms with Gasteiger partial charge in [-0.15, -0.1) is 11.3 Å². The van der Waals surface area contributed by atoms with Crippen molar-refractivity contribution in [3.05, 3.63) is 39.9 Å². The number of hydrogen-bond acceptors (Lipinski definition) is 4. The third-order valence-electron chi connectivity index (χ3n) is 2.22. The SMILES string of the molecule is Cc1cc(Cl)ccc1NCc1csc(N)n1. The van der Waals surface area contributed by atoms with Gasteiger partial charge in [0.1, 0.15) is 0 Å². The molecule has 0 aliphatic heterocycles. The first-order valence-electron chi connectivity index (χ1n) is 4.85. The molecule has 2 rings (SSSR count). The predicted octanol–water partition coefficient (Wildman–Crippen LogP) is 3.30. The predicted molar refractivity (Wildman–Crippen MR) is 70.0 cm³/mol. The molecule has 0 saturated carbocycles. The maximum Gasteiger partial charge on any atom is 0.180 e. The van der Waals surface area contributed by atoms with E-state index in [2.05, 4.69) is 10.3 Å². The van der Waals surface area contributed by atoms with Crippen LogP contribution in [0.1, 0.15) is 11.3 Å². The average molecular weight is 254 g/mol. The number of nitrogens with one attached hydrogen (secondary N) is 1. The zero-order valence-corrected chi connectivity index (χ0v) is 10.4. The van der Waals surface area contributed by atoms with Crippen molar-refractivity contribution in [3.63, 3.8) is 0 Å². The van der Waals surface area contributed by atoms with Gasteiger partial charge in [0.05, 0.1) is 12.2 Å². The number of nitrogens with two attached hydrogens (primary N) is 1. The van der Waals surface area contributed by atoms with Gasteiger partial charge in [0, 0.05) is 16.1 Å². The lowest BCUT2D eigenvalue weighted by molar-refractivity contribution is 1.07. The Labute approximate surface area is 103 Å². The molecule has 1 aromatic carbocycles. The Morgan fingerprint density at radius 1 is 1.50 bits per heavy atom. The fourth-order valence-corrected chi connectivity index (χ4v) is 2.20. The Bertz CT molecular complexity index is 496. The van der Waals surface area contributed by atoms with E-state index in [1.807, 2.05) is 30.5 Å². The molecular formula is C11H12ClN3S. The highest BCUT2D eigenvalue weighted by Gasteiger charge is 2.01. The van der Waals surface area contributed by atoms with Crippen molar-refractivity contribution < 1.29 is 0 Å². The summed E-state index contributed by atoms with van der Waals surface area (Å²) in [5.41, 5.74) is 8.70. The van der Waals surface area contributed by atoms with Crippen LogP contribution in [0.2, 0.25) is 5.02 Å². The molecule has 16 heavy (non-hydrogen) atoms. The zero-order chi connectivity index (χ0) is 11.5. The Morgan fingerprint density at radius 2 is 2.31 bits per heavy atom. The Balaban J connectivity index is 2.04. The van der Waals surface area contributed by atoms with Crippen LogP contribution >= 0.6 is 22.9 Å². The fraction of sp³-hybridized carbons (Fsp3) is 0.182. The molecule has 3 nitrogen and oxygen atoms in total. The number of nitrogen functional groups attached to an aromatic ring is 1. The summed E-state index contributed by atoms with van der Waals surface area (Å²) in [5, 5.41) is 6.60. The Kier molecular flexibility index (Phi) is 3.31. The quantitative estimate of drug-likeness (QED) is 0.883. The second kappa shape index (κ2) is 4.72. The number of halogens is 1. The summed E-state index contributed by atoms with van der Waals surface area (Å²) in [6.07, 6.45) is 0. The van der Waals surface area contributed by atoms with Crippen molar-refractivity contribution in [1.82, 2.24) is 4.98 Å². The Hall–Kier alpha value is -1.26. The van der Waals surface area contributed by atoms with E-state index in [-0.39, 0.29) is 0 Å². The van der Waals surface area contributed by atoms with E-state index >= 15 is 0 Å². The number of rotatable bonds is 3. The van der Waals surface area contributed by atoms with E-state index in [1.165, 1.54) is 11.3 Å². The van der Waals surface area contributed by atoms with Gasteiger partial charge >= 0.3 is 0 Å². The van der Waals surface area contributed by atoms with Crippen LogP contribution in [0.25, 0.3) is 0 Å². The molecule has 0 aliphatic carbocycles. The molecule has 0 atom stereocenters. The summed E-state index contributed by atoms with van der Waals surface area (Å²) in [6.45, 7) is 2.69. The van der Waals surface area contributed by atoms with E-state index in [9.17, 15) is 0 Å². The van der Waals surface area contributed by atoms with Crippen LogP contribution < -0.4 is 11.1 Å². The molecule has 0 spiro atoms. The van der Waals surface area contributed by atoms with Crippen LogP contribution in [-0.4, -0.2) is 4.98 Å². The summed E-state index contributed by atoms with van der Waals surface area (Å²) >= 11 is 7.33. The van der Waals surface area contributed by atoms with Crippen molar-refractivity contribution in [2.75, 3.05) is 11.1 Å². The van der Waals surface area contributed by atoms with Crippen LogP contribution in [0.15, 0.2) is 23.6 Å². The largest absolute Gasteiger partial charge is 0.379 e. The summed E-state index contributed by atoms with van der Waals surface area (Å²) < 4.78 is 0. The summed E-state index contributed by atoms with van der Waals surface area (Å²) in [5.74, 6) is 0. The molecule has 5 heteroatoms. The highest BCUT2D eigenvalue weighted by Crippen LogP contribution is 2.20. The lowest BCUT2D eigenvalue weighted by Gasteiger charge is -2.08. The maximum atomic E-state index is 5.88. The first-order valence-corrected chi connectivity index (χ1v) is 6.11. The molecule has 3 N–H and O–H groups in total. The van der Waals surface area contributed by atoms with Crippen molar-refractivity contribution in [2.45, 2.75) is 13.5 Å².